The second-order valence-electron chi connectivity index (χ2n) is 7.01. The molecule has 0 bridgehead atoms. The lowest BCUT2D eigenvalue weighted by atomic mass is 10.3. The van der Waals surface area contributed by atoms with E-state index in [4.69, 9.17) is 9.47 Å². The third-order valence-electron chi connectivity index (χ3n) is 4.90. The van der Waals surface area contributed by atoms with Crippen LogP contribution < -0.4 is 4.90 Å². The number of anilines is 1. The van der Waals surface area contributed by atoms with Crippen LogP contribution in [-0.2, 0) is 14.3 Å². The Hall–Kier alpha value is -2.17. The second kappa shape index (κ2) is 9.10. The first kappa shape index (κ1) is 20.1. The van der Waals surface area contributed by atoms with Gasteiger partial charge in [0.05, 0.1) is 37.4 Å². The molecule has 8 nitrogen and oxygen atoms in total. The SMILES string of the molecule is CC1CN(C(=O)CSc2nnc(N3CCOCC3)n2-c2cccc(F)c2)CCO1. The summed E-state index contributed by atoms with van der Waals surface area (Å²) < 4.78 is 26.6. The van der Waals surface area contributed by atoms with Gasteiger partial charge in [-0.25, -0.2) is 4.39 Å². The van der Waals surface area contributed by atoms with Crippen LogP contribution in [0.1, 0.15) is 6.92 Å². The number of hydrogen-bond donors (Lipinski definition) is 0. The van der Waals surface area contributed by atoms with E-state index in [9.17, 15) is 9.18 Å². The van der Waals surface area contributed by atoms with Gasteiger partial charge in [0.2, 0.25) is 11.9 Å². The first-order valence-corrected chi connectivity index (χ1v) is 10.7. The van der Waals surface area contributed by atoms with Crippen LogP contribution in [0.15, 0.2) is 29.4 Å². The van der Waals surface area contributed by atoms with Crippen molar-refractivity contribution in [3.63, 3.8) is 0 Å². The number of halogens is 1. The first-order chi connectivity index (χ1) is 14.1. The van der Waals surface area contributed by atoms with E-state index in [0.29, 0.717) is 62.8 Å². The summed E-state index contributed by atoms with van der Waals surface area (Å²) in [6.45, 7) is 6.28. The van der Waals surface area contributed by atoms with Crippen LogP contribution in [0, 0.1) is 5.82 Å². The molecule has 156 valence electrons. The van der Waals surface area contributed by atoms with E-state index < -0.39 is 0 Å². The van der Waals surface area contributed by atoms with Crippen LogP contribution >= 0.6 is 11.8 Å². The minimum Gasteiger partial charge on any atom is -0.378 e. The maximum absolute atomic E-state index is 13.9. The summed E-state index contributed by atoms with van der Waals surface area (Å²) in [5, 5.41) is 9.21. The summed E-state index contributed by atoms with van der Waals surface area (Å²) in [6.07, 6.45) is 0.0431. The largest absolute Gasteiger partial charge is 0.378 e. The van der Waals surface area contributed by atoms with Gasteiger partial charge < -0.3 is 19.3 Å². The lowest BCUT2D eigenvalue weighted by molar-refractivity contribution is -0.135. The Morgan fingerprint density at radius 3 is 2.83 bits per heavy atom. The molecule has 0 spiro atoms. The zero-order chi connectivity index (χ0) is 20.2. The molecule has 10 heteroatoms. The van der Waals surface area contributed by atoms with Crippen molar-refractivity contribution in [3.05, 3.63) is 30.1 Å². The van der Waals surface area contributed by atoms with E-state index in [1.54, 1.807) is 6.07 Å². The number of carbonyl (C=O) groups excluding carboxylic acids is 1. The number of benzene rings is 1. The Morgan fingerprint density at radius 2 is 2.07 bits per heavy atom. The highest BCUT2D eigenvalue weighted by molar-refractivity contribution is 7.99. The first-order valence-electron chi connectivity index (χ1n) is 9.68. The van der Waals surface area contributed by atoms with Crippen LogP contribution in [0.25, 0.3) is 5.69 Å². The van der Waals surface area contributed by atoms with Crippen LogP contribution in [-0.4, -0.2) is 83.4 Å². The van der Waals surface area contributed by atoms with E-state index in [2.05, 4.69) is 15.1 Å². The predicted octanol–water partition coefficient (Wildman–Crippen LogP) is 1.58. The van der Waals surface area contributed by atoms with Crippen LogP contribution in [0.4, 0.5) is 10.3 Å². The van der Waals surface area contributed by atoms with E-state index in [-0.39, 0.29) is 23.6 Å². The predicted molar refractivity (Wildman–Crippen MR) is 107 cm³/mol. The summed E-state index contributed by atoms with van der Waals surface area (Å²) in [6, 6.07) is 6.31. The minimum atomic E-state index is -0.335. The Labute approximate surface area is 173 Å². The standard InChI is InChI=1S/C19H24FN5O3S/c1-14-12-24(7-10-28-14)17(26)13-29-19-22-21-18(23-5-8-27-9-6-23)25(19)16-4-2-3-15(20)11-16/h2-4,11,14H,5-10,12-13H2,1H3. The molecular weight excluding hydrogens is 397 g/mol. The van der Waals surface area contributed by atoms with Crippen LogP contribution in [0.5, 0.6) is 0 Å². The zero-order valence-electron chi connectivity index (χ0n) is 16.3. The Morgan fingerprint density at radius 1 is 1.24 bits per heavy atom. The number of amides is 1. The van der Waals surface area contributed by atoms with Crippen molar-refractivity contribution >= 4 is 23.6 Å². The van der Waals surface area contributed by atoms with Gasteiger partial charge in [0.15, 0.2) is 5.16 Å². The van der Waals surface area contributed by atoms with E-state index in [1.807, 2.05) is 22.5 Å². The lowest BCUT2D eigenvalue weighted by Crippen LogP contribution is -2.45. The number of ether oxygens (including phenoxy) is 2. The van der Waals surface area contributed by atoms with Gasteiger partial charge in [0, 0.05) is 26.2 Å². The molecule has 2 aromatic rings. The number of morpholine rings is 2. The molecule has 3 heterocycles. The molecular formula is C19H24FN5O3S. The molecule has 2 aliphatic rings. The van der Waals surface area contributed by atoms with Gasteiger partial charge in [-0.2, -0.15) is 0 Å². The van der Waals surface area contributed by atoms with Gasteiger partial charge in [0.1, 0.15) is 5.82 Å². The fourth-order valence-corrected chi connectivity index (χ4v) is 4.28. The average Bonchev–Trinajstić information content (AvgIpc) is 3.16. The van der Waals surface area contributed by atoms with E-state index in [1.165, 1.54) is 23.9 Å². The normalized spacial score (nSPS) is 20.1. The maximum atomic E-state index is 13.9. The smallest absolute Gasteiger partial charge is 0.233 e. The maximum Gasteiger partial charge on any atom is 0.233 e. The quantitative estimate of drug-likeness (QED) is 0.679. The number of carbonyl (C=O) groups is 1. The number of thioether (sulfide) groups is 1. The lowest BCUT2D eigenvalue weighted by Gasteiger charge is -2.31. The van der Waals surface area contributed by atoms with Crippen molar-refractivity contribution in [1.82, 2.24) is 19.7 Å². The molecule has 2 fully saturated rings. The number of hydrogen-bond acceptors (Lipinski definition) is 7. The van der Waals surface area contributed by atoms with Gasteiger partial charge in [-0.05, 0) is 25.1 Å². The number of rotatable bonds is 5. The Kier molecular flexibility index (Phi) is 6.31. The Balaban J connectivity index is 1.56. The minimum absolute atomic E-state index is 0.0341. The third-order valence-corrected chi connectivity index (χ3v) is 5.81. The summed E-state index contributed by atoms with van der Waals surface area (Å²) in [5.41, 5.74) is 0.631. The Bertz CT molecular complexity index is 858. The molecule has 1 atom stereocenters. The monoisotopic (exact) mass is 421 g/mol. The van der Waals surface area contributed by atoms with E-state index >= 15 is 0 Å². The van der Waals surface area contributed by atoms with Gasteiger partial charge >= 0.3 is 0 Å². The molecule has 0 saturated carbocycles. The highest BCUT2D eigenvalue weighted by Crippen LogP contribution is 2.28. The van der Waals surface area contributed by atoms with Gasteiger partial charge in [-0.15, -0.1) is 10.2 Å². The number of aromatic nitrogens is 3. The van der Waals surface area contributed by atoms with Gasteiger partial charge in [-0.3, -0.25) is 9.36 Å². The topological polar surface area (TPSA) is 72.7 Å². The van der Waals surface area contributed by atoms with Crippen molar-refractivity contribution in [2.24, 2.45) is 0 Å². The van der Waals surface area contributed by atoms with E-state index in [0.717, 1.165) is 0 Å². The molecule has 29 heavy (non-hydrogen) atoms. The van der Waals surface area contributed by atoms with Crippen molar-refractivity contribution in [2.75, 3.05) is 56.7 Å². The molecule has 1 aromatic heterocycles. The molecule has 0 aliphatic carbocycles. The van der Waals surface area contributed by atoms with Crippen molar-refractivity contribution in [1.29, 1.82) is 0 Å². The molecule has 0 N–H and O–H groups in total. The molecule has 1 unspecified atom stereocenters. The molecule has 1 aromatic carbocycles. The summed E-state index contributed by atoms with van der Waals surface area (Å²) in [4.78, 5) is 16.5. The molecule has 2 saturated heterocycles. The summed E-state index contributed by atoms with van der Waals surface area (Å²) >= 11 is 1.31. The second-order valence-corrected chi connectivity index (χ2v) is 7.95. The van der Waals surface area contributed by atoms with Crippen molar-refractivity contribution in [2.45, 2.75) is 18.2 Å². The summed E-state index contributed by atoms with van der Waals surface area (Å²) in [5.74, 6) is 0.572. The molecule has 0 radical (unpaired) electrons. The van der Waals surface area contributed by atoms with Crippen LogP contribution in [0.3, 0.4) is 0 Å². The molecule has 1 amide bonds. The van der Waals surface area contributed by atoms with Crippen LogP contribution in [0.2, 0.25) is 0 Å². The number of nitrogens with zero attached hydrogens (tertiary/aromatic N) is 5. The summed E-state index contributed by atoms with van der Waals surface area (Å²) in [7, 11) is 0. The van der Waals surface area contributed by atoms with Gasteiger partial charge in [0.25, 0.3) is 0 Å². The fourth-order valence-electron chi connectivity index (χ4n) is 3.43. The zero-order valence-corrected chi connectivity index (χ0v) is 17.1. The fraction of sp³-hybridized carbons (Fsp3) is 0.526. The third kappa shape index (κ3) is 4.71. The highest BCUT2D eigenvalue weighted by Gasteiger charge is 2.25. The molecule has 4 rings (SSSR count). The highest BCUT2D eigenvalue weighted by atomic mass is 32.2. The van der Waals surface area contributed by atoms with Crippen molar-refractivity contribution < 1.29 is 18.7 Å². The van der Waals surface area contributed by atoms with Gasteiger partial charge in [-0.1, -0.05) is 17.8 Å². The molecule has 2 aliphatic heterocycles. The van der Waals surface area contributed by atoms with Crippen molar-refractivity contribution in [3.8, 4) is 5.69 Å². The average molecular weight is 421 g/mol.